The van der Waals surface area contributed by atoms with Crippen LogP contribution in [0.2, 0.25) is 0 Å². The molecule has 2 N–H and O–H groups in total. The predicted octanol–water partition coefficient (Wildman–Crippen LogP) is 7.34. The van der Waals surface area contributed by atoms with Gasteiger partial charge in [-0.25, -0.2) is 9.59 Å². The van der Waals surface area contributed by atoms with E-state index in [1.54, 1.807) is 0 Å². The Morgan fingerprint density at radius 3 is 1.39 bits per heavy atom. The first kappa shape index (κ1) is 41.4. The predicted molar refractivity (Wildman–Crippen MR) is 226 cm³/mol. The number of hydrogen-bond donors (Lipinski definition) is 2. The van der Waals surface area contributed by atoms with E-state index in [9.17, 15) is 14.4 Å². The first-order chi connectivity index (χ1) is 27.1. The van der Waals surface area contributed by atoms with Gasteiger partial charge >= 0.3 is 12.1 Å². The second-order valence-electron chi connectivity index (χ2n) is 14.2. The first-order valence-corrected chi connectivity index (χ1v) is 20.9. The van der Waals surface area contributed by atoms with Gasteiger partial charge in [0.15, 0.2) is 5.78 Å². The second kappa shape index (κ2) is 20.3. The number of carbonyl (C=O) groups excluding carboxylic acids is 4. The summed E-state index contributed by atoms with van der Waals surface area (Å²) in [5.41, 5.74) is 1.57. The van der Waals surface area contributed by atoms with Gasteiger partial charge in [-0.2, -0.15) is 0 Å². The number of ketones is 1. The van der Waals surface area contributed by atoms with Gasteiger partial charge in [-0.05, 0) is 52.2 Å². The lowest BCUT2D eigenvalue weighted by Gasteiger charge is -2.33. The van der Waals surface area contributed by atoms with Crippen molar-refractivity contribution in [1.82, 2.24) is 10.6 Å². The van der Waals surface area contributed by atoms with Crippen molar-refractivity contribution in [2.45, 2.75) is 65.8 Å². The number of rotatable bonds is 17. The van der Waals surface area contributed by atoms with Crippen molar-refractivity contribution in [3.05, 3.63) is 163 Å². The molecule has 0 heterocycles. The van der Waals surface area contributed by atoms with Crippen LogP contribution < -0.4 is 26.5 Å². The molecule has 9 heteroatoms. The molecule has 56 heavy (non-hydrogen) atoms. The van der Waals surface area contributed by atoms with Gasteiger partial charge in [0.1, 0.15) is 24.5 Å². The van der Waals surface area contributed by atoms with Crippen LogP contribution in [0, 0.1) is 11.8 Å². The smallest absolute Gasteiger partial charge is 0.408 e. The standard InChI is InChI=1S/C47H51N2O6P/c1-5-35(4)42(49-47(53)55-33-37-23-13-7-14-24-37)45(51)48-41(31-34(2)3)43(50)44(46(52)54-32-36-21-11-6-12-22-36)56(38-25-15-8-16-26-38,39-27-17-9-18-28-39)40-29-19-10-20-30-40/h6-30,34-35,41-42H,5,31-33H2,1-4H3,(H,48,51)(H,49,53)/t35-,41-,42-/m0/s1. The van der Waals surface area contributed by atoms with E-state index in [2.05, 4.69) is 10.6 Å². The molecule has 0 aliphatic rings. The summed E-state index contributed by atoms with van der Waals surface area (Å²) in [4.78, 5) is 58.1. The van der Waals surface area contributed by atoms with Gasteiger partial charge in [-0.15, -0.1) is 0 Å². The highest BCUT2D eigenvalue weighted by molar-refractivity contribution is 7.97. The fourth-order valence-electron chi connectivity index (χ4n) is 6.71. The largest absolute Gasteiger partial charge is 0.457 e. The summed E-state index contributed by atoms with van der Waals surface area (Å²) < 4.78 is 11.6. The van der Waals surface area contributed by atoms with Gasteiger partial charge in [0.05, 0.1) is 6.04 Å². The number of hydrogen-bond acceptors (Lipinski definition) is 6. The van der Waals surface area contributed by atoms with E-state index in [1.165, 1.54) is 0 Å². The van der Waals surface area contributed by atoms with Crippen LogP contribution in [-0.4, -0.2) is 41.1 Å². The van der Waals surface area contributed by atoms with Gasteiger partial charge in [-0.3, -0.25) is 9.59 Å². The van der Waals surface area contributed by atoms with E-state index in [4.69, 9.17) is 9.47 Å². The lowest BCUT2D eigenvalue weighted by molar-refractivity contribution is -0.137. The maximum atomic E-state index is 15.6. The fraction of sp³-hybridized carbons (Fsp3) is 0.255. The zero-order chi connectivity index (χ0) is 39.9. The molecule has 8 nitrogen and oxygen atoms in total. The monoisotopic (exact) mass is 770 g/mol. The molecule has 5 aromatic rings. The quantitative estimate of drug-likeness (QED) is 0.0582. The van der Waals surface area contributed by atoms with Crippen LogP contribution >= 0.6 is 6.89 Å². The van der Waals surface area contributed by atoms with Gasteiger partial charge in [0.25, 0.3) is 0 Å². The van der Waals surface area contributed by atoms with Crippen LogP contribution in [-0.2, 0) is 37.1 Å². The van der Waals surface area contributed by atoms with Crippen LogP contribution in [0.4, 0.5) is 4.79 Å². The molecular formula is C47H51N2O6P. The molecule has 0 spiro atoms. The molecule has 3 atom stereocenters. The summed E-state index contributed by atoms with van der Waals surface area (Å²) in [6.45, 7) is 4.38. The SMILES string of the molecule is CC[C@H](C)[C@H](NC(=O)OCc1ccccc1)C(=O)N[C@@H](CC(C)C)C(=O)C(C(=O)OCc1ccccc1)=P(c1ccccc1)(c1ccccc1)c1ccccc1. The molecule has 0 bridgehead atoms. The van der Waals surface area contributed by atoms with Crippen molar-refractivity contribution in [3.8, 4) is 0 Å². The van der Waals surface area contributed by atoms with Crippen LogP contribution in [0.15, 0.2) is 152 Å². The number of ether oxygens (including phenoxy) is 2. The normalized spacial score (nSPS) is 12.8. The Labute approximate surface area is 330 Å². The molecule has 5 aromatic carbocycles. The summed E-state index contributed by atoms with van der Waals surface area (Å²) in [5.74, 6) is -2.21. The summed E-state index contributed by atoms with van der Waals surface area (Å²) >= 11 is 0. The summed E-state index contributed by atoms with van der Waals surface area (Å²) in [6.07, 6.45) is 0.0394. The number of esters is 1. The maximum absolute atomic E-state index is 15.6. The summed E-state index contributed by atoms with van der Waals surface area (Å²) in [5, 5.41) is 8.09. The Bertz CT molecular complexity index is 1990. The first-order valence-electron chi connectivity index (χ1n) is 19.1. The van der Waals surface area contributed by atoms with Crippen molar-refractivity contribution >= 4 is 51.8 Å². The Morgan fingerprint density at radius 1 is 0.571 bits per heavy atom. The van der Waals surface area contributed by atoms with Gasteiger partial charge in [0.2, 0.25) is 5.91 Å². The van der Waals surface area contributed by atoms with Crippen molar-refractivity contribution in [3.63, 3.8) is 0 Å². The zero-order valence-corrected chi connectivity index (χ0v) is 33.4. The second-order valence-corrected chi connectivity index (χ2v) is 17.6. The van der Waals surface area contributed by atoms with Gasteiger partial charge in [0, 0.05) is 0 Å². The highest BCUT2D eigenvalue weighted by Gasteiger charge is 2.41. The molecule has 0 saturated heterocycles. The molecule has 2 amide bonds. The minimum Gasteiger partial charge on any atom is -0.457 e. The molecule has 5 rings (SSSR count). The Morgan fingerprint density at radius 2 is 0.982 bits per heavy atom. The third kappa shape index (κ3) is 10.3. The highest BCUT2D eigenvalue weighted by atomic mass is 31.2. The molecular weight excluding hydrogens is 719 g/mol. The Kier molecular flexibility index (Phi) is 15.0. The minimum atomic E-state index is -3.30. The van der Waals surface area contributed by atoms with Crippen LogP contribution in [0.25, 0.3) is 0 Å². The Balaban J connectivity index is 1.66. The molecule has 0 aliphatic carbocycles. The van der Waals surface area contributed by atoms with Crippen molar-refractivity contribution in [2.24, 2.45) is 11.8 Å². The highest BCUT2D eigenvalue weighted by Crippen LogP contribution is 2.47. The van der Waals surface area contributed by atoms with E-state index in [0.717, 1.165) is 27.0 Å². The average molecular weight is 771 g/mol. The van der Waals surface area contributed by atoms with Gasteiger partial charge in [-0.1, -0.05) is 186 Å². The van der Waals surface area contributed by atoms with E-state index in [-0.39, 0.29) is 36.8 Å². The van der Waals surface area contributed by atoms with Crippen LogP contribution in [0.5, 0.6) is 0 Å². The number of alkyl carbamates (subject to hydrolysis) is 1. The van der Waals surface area contributed by atoms with Crippen LogP contribution in [0.3, 0.4) is 0 Å². The minimum absolute atomic E-state index is 0.0294. The van der Waals surface area contributed by atoms with E-state index in [1.807, 2.05) is 179 Å². The third-order valence-corrected chi connectivity index (χ3v) is 14.0. The number of Topliss-reactive ketones (excluding diaryl/α,β-unsaturated/α-hetero) is 1. The molecule has 290 valence electrons. The third-order valence-electron chi connectivity index (χ3n) is 9.73. The van der Waals surface area contributed by atoms with Crippen molar-refractivity contribution in [2.75, 3.05) is 0 Å². The number of nitrogens with one attached hydrogen (secondary N) is 2. The number of amides is 2. The topological polar surface area (TPSA) is 111 Å². The Hall–Kier alpha value is -5.72. The molecule has 0 saturated carbocycles. The van der Waals surface area contributed by atoms with E-state index in [0.29, 0.717) is 6.42 Å². The number of benzene rings is 5. The van der Waals surface area contributed by atoms with Gasteiger partial charge < -0.3 is 20.1 Å². The summed E-state index contributed by atoms with van der Waals surface area (Å²) in [7, 11) is 0. The lowest BCUT2D eigenvalue weighted by atomic mass is 9.95. The zero-order valence-electron chi connectivity index (χ0n) is 32.5. The fourth-order valence-corrected chi connectivity index (χ4v) is 11.1. The average Bonchev–Trinajstić information content (AvgIpc) is 3.23. The maximum Gasteiger partial charge on any atom is 0.408 e. The van der Waals surface area contributed by atoms with Crippen molar-refractivity contribution in [1.29, 1.82) is 0 Å². The summed E-state index contributed by atoms with van der Waals surface area (Å²) in [6, 6.07) is 45.3. The molecule has 0 fully saturated rings. The van der Waals surface area contributed by atoms with Crippen molar-refractivity contribution < 1.29 is 28.7 Å². The molecule has 0 aromatic heterocycles. The van der Waals surface area contributed by atoms with E-state index < -0.39 is 42.7 Å². The van der Waals surface area contributed by atoms with E-state index >= 15 is 4.79 Å². The molecule has 0 radical (unpaired) electrons. The van der Waals surface area contributed by atoms with Crippen LogP contribution in [0.1, 0.15) is 51.7 Å². The lowest BCUT2D eigenvalue weighted by Crippen LogP contribution is -2.56. The molecule has 0 unspecified atom stereocenters. The molecule has 0 aliphatic heterocycles. The number of carbonyl (C=O) groups is 4.